The molecule has 3 rings (SSSR count). The van der Waals surface area contributed by atoms with Crippen LogP contribution in [0.15, 0.2) is 0 Å². The fourth-order valence-corrected chi connectivity index (χ4v) is 4.06. The van der Waals surface area contributed by atoms with E-state index in [0.29, 0.717) is 0 Å². The molecule has 1 heterocycles. The zero-order valence-electron chi connectivity index (χ0n) is 11.8. The van der Waals surface area contributed by atoms with Gasteiger partial charge in [-0.25, -0.2) is 0 Å². The SMILES string of the molecule is C(CNC1CCCCC1C1CCCN1)CC1CC1. The zero-order valence-corrected chi connectivity index (χ0v) is 11.8. The Morgan fingerprint density at radius 1 is 0.944 bits per heavy atom. The monoisotopic (exact) mass is 250 g/mol. The summed E-state index contributed by atoms with van der Waals surface area (Å²) in [6.07, 6.45) is 14.5. The Bertz CT molecular complexity index is 243. The minimum atomic E-state index is 0.813. The van der Waals surface area contributed by atoms with Gasteiger partial charge in [0.05, 0.1) is 0 Å². The molecule has 0 aromatic rings. The molecule has 0 spiro atoms. The summed E-state index contributed by atoms with van der Waals surface area (Å²) in [5, 5.41) is 7.63. The van der Waals surface area contributed by atoms with Crippen molar-refractivity contribution in [3.8, 4) is 0 Å². The normalized spacial score (nSPS) is 37.0. The number of hydrogen-bond donors (Lipinski definition) is 2. The van der Waals surface area contributed by atoms with Gasteiger partial charge in [-0.2, -0.15) is 0 Å². The average molecular weight is 250 g/mol. The summed E-state index contributed by atoms with van der Waals surface area (Å²) in [7, 11) is 0. The van der Waals surface area contributed by atoms with Crippen LogP contribution in [0, 0.1) is 11.8 Å². The van der Waals surface area contributed by atoms with E-state index in [9.17, 15) is 0 Å². The summed E-state index contributed by atoms with van der Waals surface area (Å²) in [6.45, 7) is 2.53. The molecule has 18 heavy (non-hydrogen) atoms. The Kier molecular flexibility index (Phi) is 4.58. The van der Waals surface area contributed by atoms with Crippen LogP contribution in [0.5, 0.6) is 0 Å². The molecule has 2 nitrogen and oxygen atoms in total. The van der Waals surface area contributed by atoms with Gasteiger partial charge in [0.25, 0.3) is 0 Å². The van der Waals surface area contributed by atoms with Gasteiger partial charge >= 0.3 is 0 Å². The Labute approximate surface area is 112 Å². The van der Waals surface area contributed by atoms with Crippen molar-refractivity contribution < 1.29 is 0 Å². The fraction of sp³-hybridized carbons (Fsp3) is 1.00. The molecule has 3 fully saturated rings. The third-order valence-corrected chi connectivity index (χ3v) is 5.33. The summed E-state index contributed by atoms with van der Waals surface area (Å²) in [5.41, 5.74) is 0. The lowest BCUT2D eigenvalue weighted by atomic mass is 9.79. The van der Waals surface area contributed by atoms with E-state index in [-0.39, 0.29) is 0 Å². The second-order valence-corrected chi connectivity index (χ2v) is 6.80. The van der Waals surface area contributed by atoms with Crippen LogP contribution < -0.4 is 10.6 Å². The Hall–Kier alpha value is -0.0800. The highest BCUT2D eigenvalue weighted by Crippen LogP contribution is 2.33. The first-order valence-electron chi connectivity index (χ1n) is 8.40. The highest BCUT2D eigenvalue weighted by molar-refractivity contribution is 4.91. The van der Waals surface area contributed by atoms with E-state index in [2.05, 4.69) is 10.6 Å². The van der Waals surface area contributed by atoms with Crippen LogP contribution >= 0.6 is 0 Å². The fourth-order valence-electron chi connectivity index (χ4n) is 4.06. The Morgan fingerprint density at radius 2 is 1.83 bits per heavy atom. The van der Waals surface area contributed by atoms with Crippen LogP contribution in [0.3, 0.4) is 0 Å². The molecule has 104 valence electrons. The first-order chi connectivity index (χ1) is 8.93. The largest absolute Gasteiger partial charge is 0.314 e. The third kappa shape index (κ3) is 3.48. The minimum absolute atomic E-state index is 0.813. The molecule has 2 saturated carbocycles. The first kappa shape index (κ1) is 12.9. The van der Waals surface area contributed by atoms with Gasteiger partial charge in [-0.1, -0.05) is 25.7 Å². The summed E-state index contributed by atoms with van der Waals surface area (Å²) < 4.78 is 0. The highest BCUT2D eigenvalue weighted by atomic mass is 15.0. The summed E-state index contributed by atoms with van der Waals surface area (Å²) in [4.78, 5) is 0. The standard InChI is InChI=1S/C16H30N2/c1-2-7-15(17-11-3-5-13-9-10-13)14(6-1)16-8-4-12-18-16/h13-18H,1-12H2. The van der Waals surface area contributed by atoms with Crippen molar-refractivity contribution in [2.24, 2.45) is 11.8 Å². The molecule has 2 aliphatic carbocycles. The predicted molar refractivity (Wildman–Crippen MR) is 76.7 cm³/mol. The van der Waals surface area contributed by atoms with Crippen molar-refractivity contribution in [1.82, 2.24) is 10.6 Å². The molecular formula is C16H30N2. The van der Waals surface area contributed by atoms with Crippen molar-refractivity contribution in [3.63, 3.8) is 0 Å². The molecule has 2 N–H and O–H groups in total. The van der Waals surface area contributed by atoms with E-state index in [0.717, 1.165) is 23.9 Å². The number of nitrogens with one attached hydrogen (secondary N) is 2. The van der Waals surface area contributed by atoms with E-state index < -0.39 is 0 Å². The van der Waals surface area contributed by atoms with E-state index in [4.69, 9.17) is 0 Å². The molecule has 3 atom stereocenters. The van der Waals surface area contributed by atoms with Gasteiger partial charge in [0, 0.05) is 12.1 Å². The quantitative estimate of drug-likeness (QED) is 0.708. The van der Waals surface area contributed by atoms with Gasteiger partial charge in [0.2, 0.25) is 0 Å². The molecule has 2 heteroatoms. The average Bonchev–Trinajstić information content (AvgIpc) is 3.07. The molecule has 1 saturated heterocycles. The van der Waals surface area contributed by atoms with Gasteiger partial charge in [-0.05, 0) is 63.5 Å². The van der Waals surface area contributed by atoms with Gasteiger partial charge in [0.1, 0.15) is 0 Å². The zero-order chi connectivity index (χ0) is 12.2. The van der Waals surface area contributed by atoms with Crippen molar-refractivity contribution in [2.75, 3.05) is 13.1 Å². The van der Waals surface area contributed by atoms with Crippen molar-refractivity contribution >= 4 is 0 Å². The second kappa shape index (κ2) is 6.38. The maximum atomic E-state index is 3.89. The van der Waals surface area contributed by atoms with Gasteiger partial charge in [-0.3, -0.25) is 0 Å². The molecular weight excluding hydrogens is 220 g/mol. The summed E-state index contributed by atoms with van der Waals surface area (Å²) in [5.74, 6) is 2.02. The summed E-state index contributed by atoms with van der Waals surface area (Å²) >= 11 is 0. The Morgan fingerprint density at radius 3 is 2.61 bits per heavy atom. The predicted octanol–water partition coefficient (Wildman–Crippen LogP) is 3.08. The van der Waals surface area contributed by atoms with Crippen molar-refractivity contribution in [1.29, 1.82) is 0 Å². The lowest BCUT2D eigenvalue weighted by Gasteiger charge is -2.36. The molecule has 0 aromatic carbocycles. The molecule has 3 unspecified atom stereocenters. The third-order valence-electron chi connectivity index (χ3n) is 5.33. The topological polar surface area (TPSA) is 24.1 Å². The van der Waals surface area contributed by atoms with Crippen LogP contribution in [0.25, 0.3) is 0 Å². The molecule has 0 bridgehead atoms. The molecule has 1 aliphatic heterocycles. The van der Waals surface area contributed by atoms with Crippen molar-refractivity contribution in [3.05, 3.63) is 0 Å². The van der Waals surface area contributed by atoms with E-state index >= 15 is 0 Å². The van der Waals surface area contributed by atoms with Crippen LogP contribution in [0.4, 0.5) is 0 Å². The van der Waals surface area contributed by atoms with Gasteiger partial charge in [0.15, 0.2) is 0 Å². The molecule has 0 amide bonds. The minimum Gasteiger partial charge on any atom is -0.314 e. The highest BCUT2D eigenvalue weighted by Gasteiger charge is 2.32. The van der Waals surface area contributed by atoms with Crippen LogP contribution in [-0.4, -0.2) is 25.2 Å². The maximum Gasteiger partial charge on any atom is 0.0111 e. The number of hydrogen-bond acceptors (Lipinski definition) is 2. The van der Waals surface area contributed by atoms with E-state index in [1.807, 2.05) is 0 Å². The molecule has 0 aromatic heterocycles. The van der Waals surface area contributed by atoms with Crippen LogP contribution in [-0.2, 0) is 0 Å². The van der Waals surface area contributed by atoms with E-state index in [1.165, 1.54) is 77.3 Å². The molecule has 0 radical (unpaired) electrons. The van der Waals surface area contributed by atoms with Crippen molar-refractivity contribution in [2.45, 2.75) is 76.3 Å². The lowest BCUT2D eigenvalue weighted by Crippen LogP contribution is -2.47. The summed E-state index contributed by atoms with van der Waals surface area (Å²) in [6, 6.07) is 1.64. The van der Waals surface area contributed by atoms with Crippen LogP contribution in [0.1, 0.15) is 64.2 Å². The van der Waals surface area contributed by atoms with E-state index in [1.54, 1.807) is 0 Å². The van der Waals surface area contributed by atoms with Crippen LogP contribution in [0.2, 0.25) is 0 Å². The maximum absolute atomic E-state index is 3.89. The van der Waals surface area contributed by atoms with Gasteiger partial charge in [-0.15, -0.1) is 0 Å². The number of rotatable bonds is 6. The molecule has 3 aliphatic rings. The smallest absolute Gasteiger partial charge is 0.0111 e. The lowest BCUT2D eigenvalue weighted by molar-refractivity contribution is 0.214. The Balaban J connectivity index is 1.41. The first-order valence-corrected chi connectivity index (χ1v) is 8.40. The van der Waals surface area contributed by atoms with Gasteiger partial charge < -0.3 is 10.6 Å². The second-order valence-electron chi connectivity index (χ2n) is 6.80.